The Bertz CT molecular complexity index is 437. The third-order valence-corrected chi connectivity index (χ3v) is 6.79. The summed E-state index contributed by atoms with van der Waals surface area (Å²) in [5, 5.41) is 8.96. The summed E-state index contributed by atoms with van der Waals surface area (Å²) in [5.74, 6) is 0.977. The van der Waals surface area contributed by atoms with Gasteiger partial charge in [-0.2, -0.15) is 0 Å². The number of hydrogen-bond acceptors (Lipinski definition) is 1. The summed E-state index contributed by atoms with van der Waals surface area (Å²) in [4.78, 5) is 10.9. The van der Waals surface area contributed by atoms with Crippen LogP contribution in [0.1, 0.15) is 79.1 Å². The van der Waals surface area contributed by atoms with E-state index in [0.717, 1.165) is 18.8 Å². The van der Waals surface area contributed by atoms with E-state index in [4.69, 9.17) is 5.11 Å². The summed E-state index contributed by atoms with van der Waals surface area (Å²) in [7, 11) is 0. The topological polar surface area (TPSA) is 37.3 Å². The maximum Gasteiger partial charge on any atom is 0.303 e. The third kappa shape index (κ3) is 3.41. The Morgan fingerprint density at radius 3 is 2.68 bits per heavy atom. The fraction of sp³-hybridized carbons (Fsp3) is 0.850. The van der Waals surface area contributed by atoms with Crippen molar-refractivity contribution in [2.75, 3.05) is 0 Å². The molecule has 0 aromatic carbocycles. The summed E-state index contributed by atoms with van der Waals surface area (Å²) >= 11 is 0. The van der Waals surface area contributed by atoms with Crippen molar-refractivity contribution in [3.63, 3.8) is 0 Å². The molecular formula is C20H34O2. The number of fused-ring (bicyclic) bond motifs is 1. The van der Waals surface area contributed by atoms with Crippen LogP contribution >= 0.6 is 0 Å². The molecule has 2 fully saturated rings. The van der Waals surface area contributed by atoms with Gasteiger partial charge in [0, 0.05) is 6.42 Å². The van der Waals surface area contributed by atoms with Crippen LogP contribution in [-0.2, 0) is 4.79 Å². The molecule has 2 rings (SSSR count). The molecule has 2 aliphatic carbocycles. The van der Waals surface area contributed by atoms with Gasteiger partial charge >= 0.3 is 5.97 Å². The highest BCUT2D eigenvalue weighted by molar-refractivity contribution is 5.66. The highest BCUT2D eigenvalue weighted by Gasteiger charge is 2.52. The third-order valence-electron chi connectivity index (χ3n) is 6.79. The lowest BCUT2D eigenvalue weighted by Crippen LogP contribution is -2.49. The van der Waals surface area contributed by atoms with Crippen molar-refractivity contribution >= 4 is 5.97 Å². The summed E-state index contributed by atoms with van der Waals surface area (Å²) < 4.78 is 0. The first-order chi connectivity index (χ1) is 10.2. The van der Waals surface area contributed by atoms with Crippen LogP contribution in [0.25, 0.3) is 0 Å². The molecule has 0 aromatic rings. The molecule has 1 N–H and O–H groups in total. The molecule has 2 nitrogen and oxygen atoms in total. The first-order valence-corrected chi connectivity index (χ1v) is 9.06. The zero-order valence-corrected chi connectivity index (χ0v) is 15.0. The van der Waals surface area contributed by atoms with Gasteiger partial charge in [-0.3, -0.25) is 4.79 Å². The van der Waals surface area contributed by atoms with Crippen LogP contribution in [-0.4, -0.2) is 11.1 Å². The predicted octanol–water partition coefficient (Wildman–Crippen LogP) is 5.68. The minimum atomic E-state index is -0.669. The van der Waals surface area contributed by atoms with E-state index in [9.17, 15) is 4.79 Å². The van der Waals surface area contributed by atoms with Gasteiger partial charge < -0.3 is 5.11 Å². The van der Waals surface area contributed by atoms with Gasteiger partial charge in [-0.25, -0.2) is 0 Å². The molecule has 0 aromatic heterocycles. The van der Waals surface area contributed by atoms with Crippen molar-refractivity contribution in [2.45, 2.75) is 79.1 Å². The average molecular weight is 306 g/mol. The van der Waals surface area contributed by atoms with E-state index in [0.29, 0.717) is 23.2 Å². The molecule has 0 saturated heterocycles. The molecule has 126 valence electrons. The summed E-state index contributed by atoms with van der Waals surface area (Å²) in [6, 6.07) is 0. The SMILES string of the molecule is C=C1CCC2C(C)(C)CCCC2(C)C1CC[C@@H](C)CC(=O)O. The lowest BCUT2D eigenvalue weighted by molar-refractivity contribution is -0.138. The fourth-order valence-corrected chi connectivity index (χ4v) is 5.66. The number of rotatable bonds is 5. The molecule has 2 heteroatoms. The molecule has 0 amide bonds. The lowest BCUT2D eigenvalue weighted by atomic mass is 9.47. The highest BCUT2D eigenvalue weighted by Crippen LogP contribution is 2.61. The molecule has 0 bridgehead atoms. The van der Waals surface area contributed by atoms with Crippen molar-refractivity contribution in [2.24, 2.45) is 28.6 Å². The first-order valence-electron chi connectivity index (χ1n) is 9.06. The summed E-state index contributed by atoms with van der Waals surface area (Å²) in [6.45, 7) is 13.9. The first kappa shape index (κ1) is 17.6. The molecule has 0 heterocycles. The van der Waals surface area contributed by atoms with Gasteiger partial charge in [-0.15, -0.1) is 0 Å². The molecule has 4 atom stereocenters. The van der Waals surface area contributed by atoms with Crippen LogP contribution in [0.4, 0.5) is 0 Å². The van der Waals surface area contributed by atoms with Crippen LogP contribution in [0.3, 0.4) is 0 Å². The second-order valence-corrected chi connectivity index (χ2v) is 8.93. The number of carboxylic acids is 1. The number of aliphatic carboxylic acids is 1. The number of carboxylic acid groups (broad SMARTS) is 1. The molecular weight excluding hydrogens is 272 g/mol. The van der Waals surface area contributed by atoms with E-state index < -0.39 is 5.97 Å². The smallest absolute Gasteiger partial charge is 0.303 e. The standard InChI is InChI=1S/C20H34O2/c1-14(13-18(21)22)7-9-16-15(2)8-10-17-19(3,4)11-6-12-20(16,17)5/h14,16-17H,2,6-13H2,1,3-5H3,(H,21,22)/t14-,16?,17?,20?/m1/s1. The minimum Gasteiger partial charge on any atom is -0.481 e. The molecule has 2 aliphatic rings. The average Bonchev–Trinajstić information content (AvgIpc) is 2.35. The summed E-state index contributed by atoms with van der Waals surface area (Å²) in [5.41, 5.74) is 2.25. The second-order valence-electron chi connectivity index (χ2n) is 8.93. The van der Waals surface area contributed by atoms with Gasteiger partial charge in [0.15, 0.2) is 0 Å². The van der Waals surface area contributed by atoms with Gasteiger partial charge in [0.1, 0.15) is 0 Å². The number of carbonyl (C=O) groups is 1. The van der Waals surface area contributed by atoms with Gasteiger partial charge in [-0.05, 0) is 67.1 Å². The Hall–Kier alpha value is -0.790. The molecule has 0 spiro atoms. The van der Waals surface area contributed by atoms with Gasteiger partial charge in [-0.1, -0.05) is 46.3 Å². The maximum atomic E-state index is 10.9. The Kier molecular flexibility index (Phi) is 5.09. The van der Waals surface area contributed by atoms with Gasteiger partial charge in [0.2, 0.25) is 0 Å². The zero-order chi connectivity index (χ0) is 16.5. The quantitative estimate of drug-likeness (QED) is 0.664. The maximum absolute atomic E-state index is 10.9. The minimum absolute atomic E-state index is 0.269. The molecule has 0 radical (unpaired) electrons. The van der Waals surface area contributed by atoms with Crippen LogP contribution < -0.4 is 0 Å². The van der Waals surface area contributed by atoms with Crippen LogP contribution in [0.2, 0.25) is 0 Å². The van der Waals surface area contributed by atoms with Gasteiger partial charge in [0.25, 0.3) is 0 Å². The lowest BCUT2D eigenvalue weighted by Gasteiger charge is -2.58. The van der Waals surface area contributed by atoms with E-state index in [1.165, 1.54) is 37.7 Å². The number of allylic oxidation sites excluding steroid dienone is 1. The Labute approximate surface area is 136 Å². The van der Waals surface area contributed by atoms with Crippen LogP contribution in [0.15, 0.2) is 12.2 Å². The molecule has 3 unspecified atom stereocenters. The highest BCUT2D eigenvalue weighted by atomic mass is 16.4. The van der Waals surface area contributed by atoms with Crippen molar-refractivity contribution in [3.8, 4) is 0 Å². The van der Waals surface area contributed by atoms with E-state index in [1.807, 2.05) is 0 Å². The molecule has 22 heavy (non-hydrogen) atoms. The summed E-state index contributed by atoms with van der Waals surface area (Å²) in [6.07, 6.45) is 8.89. The van der Waals surface area contributed by atoms with E-state index in [-0.39, 0.29) is 5.92 Å². The van der Waals surface area contributed by atoms with Crippen molar-refractivity contribution in [1.29, 1.82) is 0 Å². The molecule has 0 aliphatic heterocycles. The van der Waals surface area contributed by atoms with E-state index in [1.54, 1.807) is 0 Å². The predicted molar refractivity (Wildman–Crippen MR) is 91.7 cm³/mol. The van der Waals surface area contributed by atoms with Crippen LogP contribution in [0.5, 0.6) is 0 Å². The second kappa shape index (κ2) is 6.37. The number of hydrogen-bond donors (Lipinski definition) is 1. The fourth-order valence-electron chi connectivity index (χ4n) is 5.66. The Morgan fingerprint density at radius 1 is 1.36 bits per heavy atom. The van der Waals surface area contributed by atoms with E-state index in [2.05, 4.69) is 34.3 Å². The largest absolute Gasteiger partial charge is 0.481 e. The van der Waals surface area contributed by atoms with Crippen molar-refractivity contribution in [1.82, 2.24) is 0 Å². The normalized spacial score (nSPS) is 35.7. The Morgan fingerprint density at radius 2 is 2.05 bits per heavy atom. The van der Waals surface area contributed by atoms with Crippen LogP contribution in [0, 0.1) is 28.6 Å². The zero-order valence-electron chi connectivity index (χ0n) is 15.0. The molecule has 2 saturated carbocycles. The van der Waals surface area contributed by atoms with Gasteiger partial charge in [0.05, 0.1) is 0 Å². The van der Waals surface area contributed by atoms with E-state index >= 15 is 0 Å². The monoisotopic (exact) mass is 306 g/mol. The van der Waals surface area contributed by atoms with Crippen molar-refractivity contribution < 1.29 is 9.90 Å². The van der Waals surface area contributed by atoms with Crippen molar-refractivity contribution in [3.05, 3.63) is 12.2 Å². The Balaban J connectivity index is 2.10.